The Morgan fingerprint density at radius 1 is 1.32 bits per heavy atom. The molecule has 106 valence electrons. The first-order valence-corrected chi connectivity index (χ1v) is 8.15. The van der Waals surface area contributed by atoms with Gasteiger partial charge in [-0.15, -0.1) is 0 Å². The third kappa shape index (κ3) is 5.20. The quantitative estimate of drug-likeness (QED) is 0.871. The summed E-state index contributed by atoms with van der Waals surface area (Å²) in [6.07, 6.45) is 0.391. The molecular formula is C13H18ClNO3S. The Kier molecular flexibility index (Phi) is 4.63. The van der Waals surface area contributed by atoms with E-state index >= 15 is 0 Å². The first kappa shape index (κ1) is 16.0. The second kappa shape index (κ2) is 5.51. The predicted molar refractivity (Wildman–Crippen MR) is 76.9 cm³/mol. The molecule has 1 rings (SSSR count). The van der Waals surface area contributed by atoms with E-state index in [1.54, 1.807) is 13.0 Å². The van der Waals surface area contributed by atoms with E-state index in [9.17, 15) is 13.2 Å². The third-order valence-corrected chi connectivity index (χ3v) is 3.80. The number of aryl methyl sites for hydroxylation is 1. The molecule has 0 saturated carbocycles. The van der Waals surface area contributed by atoms with Crippen LogP contribution in [0.2, 0.25) is 0 Å². The zero-order valence-corrected chi connectivity index (χ0v) is 13.0. The van der Waals surface area contributed by atoms with Crippen molar-refractivity contribution in [3.63, 3.8) is 0 Å². The van der Waals surface area contributed by atoms with Gasteiger partial charge in [-0.2, -0.15) is 0 Å². The van der Waals surface area contributed by atoms with Gasteiger partial charge in [-0.3, -0.25) is 4.79 Å². The van der Waals surface area contributed by atoms with Crippen molar-refractivity contribution in [3.8, 4) is 0 Å². The molecule has 0 aliphatic carbocycles. The lowest BCUT2D eigenvalue weighted by Gasteiger charge is -2.18. The average Bonchev–Trinajstić information content (AvgIpc) is 2.16. The number of halogens is 1. The molecule has 0 spiro atoms. The van der Waals surface area contributed by atoms with E-state index < -0.39 is 9.05 Å². The van der Waals surface area contributed by atoms with Crippen LogP contribution >= 0.6 is 10.7 Å². The van der Waals surface area contributed by atoms with Crippen LogP contribution in [-0.4, -0.2) is 14.3 Å². The molecule has 1 amide bonds. The Morgan fingerprint density at radius 2 is 1.89 bits per heavy atom. The number of rotatable bonds is 3. The van der Waals surface area contributed by atoms with E-state index in [1.807, 2.05) is 20.8 Å². The van der Waals surface area contributed by atoms with Gasteiger partial charge in [0.2, 0.25) is 5.91 Å². The van der Waals surface area contributed by atoms with E-state index in [-0.39, 0.29) is 16.2 Å². The molecule has 0 radical (unpaired) electrons. The van der Waals surface area contributed by atoms with Crippen molar-refractivity contribution in [1.29, 1.82) is 0 Å². The van der Waals surface area contributed by atoms with Crippen LogP contribution in [0.25, 0.3) is 0 Å². The van der Waals surface area contributed by atoms with Gasteiger partial charge in [-0.25, -0.2) is 8.42 Å². The molecule has 0 unspecified atom stereocenters. The molecule has 1 N–H and O–H groups in total. The highest BCUT2D eigenvalue weighted by Gasteiger charge is 2.17. The summed E-state index contributed by atoms with van der Waals surface area (Å²) in [5.74, 6) is -0.0999. The molecular weight excluding hydrogens is 286 g/mol. The summed E-state index contributed by atoms with van der Waals surface area (Å²) >= 11 is 0. The largest absolute Gasteiger partial charge is 0.326 e. The van der Waals surface area contributed by atoms with E-state index in [1.165, 1.54) is 12.1 Å². The number of carbonyl (C=O) groups is 1. The van der Waals surface area contributed by atoms with Crippen molar-refractivity contribution in [3.05, 3.63) is 23.8 Å². The Bertz CT molecular complexity index is 588. The Balaban J connectivity index is 2.90. The molecule has 6 heteroatoms. The summed E-state index contributed by atoms with van der Waals surface area (Å²) in [5.41, 5.74) is 1.15. The van der Waals surface area contributed by atoms with E-state index in [0.717, 1.165) is 0 Å². The summed E-state index contributed by atoms with van der Waals surface area (Å²) in [5, 5.41) is 2.77. The number of nitrogens with one attached hydrogen (secondary N) is 1. The Morgan fingerprint density at radius 3 is 2.32 bits per heavy atom. The van der Waals surface area contributed by atoms with Crippen LogP contribution in [0.3, 0.4) is 0 Å². The second-order valence-electron chi connectivity index (χ2n) is 5.70. The van der Waals surface area contributed by atoms with Crippen molar-refractivity contribution < 1.29 is 13.2 Å². The predicted octanol–water partition coefficient (Wildman–Crippen LogP) is 3.30. The topological polar surface area (TPSA) is 63.2 Å². The third-order valence-electron chi connectivity index (χ3n) is 2.44. The number of hydrogen-bond donors (Lipinski definition) is 1. The number of benzene rings is 1. The summed E-state index contributed by atoms with van der Waals surface area (Å²) in [6, 6.07) is 4.36. The average molecular weight is 304 g/mol. The maximum Gasteiger partial charge on any atom is 0.261 e. The number of amides is 1. The lowest BCUT2D eigenvalue weighted by Crippen LogP contribution is -2.20. The van der Waals surface area contributed by atoms with Crippen molar-refractivity contribution in [2.75, 3.05) is 5.32 Å². The van der Waals surface area contributed by atoms with E-state index in [0.29, 0.717) is 17.7 Å². The van der Waals surface area contributed by atoms with Gasteiger partial charge in [-0.1, -0.05) is 20.8 Å². The van der Waals surface area contributed by atoms with Gasteiger partial charge in [0.05, 0.1) is 4.90 Å². The zero-order valence-electron chi connectivity index (χ0n) is 11.5. The molecule has 0 heterocycles. The minimum atomic E-state index is -3.74. The Labute approximate surface area is 118 Å². The maximum absolute atomic E-state index is 11.8. The number of anilines is 1. The van der Waals surface area contributed by atoms with Crippen LogP contribution in [0.1, 0.15) is 32.8 Å². The fraction of sp³-hybridized carbons (Fsp3) is 0.462. The minimum Gasteiger partial charge on any atom is -0.326 e. The highest BCUT2D eigenvalue weighted by atomic mass is 35.7. The van der Waals surface area contributed by atoms with Crippen molar-refractivity contribution in [2.24, 2.45) is 5.41 Å². The lowest BCUT2D eigenvalue weighted by atomic mass is 9.92. The zero-order chi connectivity index (χ0) is 14.8. The lowest BCUT2D eigenvalue weighted by molar-refractivity contribution is -0.117. The molecule has 0 aromatic heterocycles. The second-order valence-corrected chi connectivity index (χ2v) is 8.27. The monoisotopic (exact) mass is 303 g/mol. The van der Waals surface area contributed by atoms with Crippen LogP contribution in [0.4, 0.5) is 5.69 Å². The van der Waals surface area contributed by atoms with Crippen LogP contribution in [0, 0.1) is 12.3 Å². The molecule has 0 aliphatic heterocycles. The van der Waals surface area contributed by atoms with Crippen molar-refractivity contribution in [1.82, 2.24) is 0 Å². The molecule has 0 atom stereocenters. The van der Waals surface area contributed by atoms with Gasteiger partial charge in [-0.05, 0) is 36.1 Å². The van der Waals surface area contributed by atoms with Gasteiger partial charge in [0.1, 0.15) is 0 Å². The van der Waals surface area contributed by atoms with Crippen LogP contribution in [0.5, 0.6) is 0 Å². The fourth-order valence-electron chi connectivity index (χ4n) is 1.60. The minimum absolute atomic E-state index is 0.0282. The summed E-state index contributed by atoms with van der Waals surface area (Å²) in [6.45, 7) is 7.64. The summed E-state index contributed by atoms with van der Waals surface area (Å²) in [7, 11) is 1.52. The highest BCUT2D eigenvalue weighted by Crippen LogP contribution is 2.24. The molecule has 19 heavy (non-hydrogen) atoms. The van der Waals surface area contributed by atoms with Gasteiger partial charge in [0.15, 0.2) is 0 Å². The van der Waals surface area contributed by atoms with Crippen LogP contribution in [-0.2, 0) is 13.8 Å². The fourth-order valence-corrected chi connectivity index (χ4v) is 2.44. The SMILES string of the molecule is Cc1cc(S(=O)(=O)Cl)ccc1NC(=O)CC(C)(C)C. The van der Waals surface area contributed by atoms with E-state index in [4.69, 9.17) is 10.7 Å². The Hall–Kier alpha value is -1.07. The van der Waals surface area contributed by atoms with Gasteiger partial charge >= 0.3 is 0 Å². The molecule has 0 aliphatic rings. The number of hydrogen-bond acceptors (Lipinski definition) is 3. The maximum atomic E-state index is 11.8. The smallest absolute Gasteiger partial charge is 0.261 e. The molecule has 0 saturated heterocycles. The van der Waals surface area contributed by atoms with Gasteiger partial charge < -0.3 is 5.32 Å². The van der Waals surface area contributed by atoms with Gasteiger partial charge in [0.25, 0.3) is 9.05 Å². The first-order valence-electron chi connectivity index (χ1n) is 5.84. The summed E-state index contributed by atoms with van der Waals surface area (Å²) < 4.78 is 22.4. The normalized spacial score (nSPS) is 12.3. The highest BCUT2D eigenvalue weighted by molar-refractivity contribution is 8.13. The summed E-state index contributed by atoms with van der Waals surface area (Å²) in [4.78, 5) is 11.8. The van der Waals surface area contributed by atoms with Crippen LogP contribution < -0.4 is 5.32 Å². The molecule has 4 nitrogen and oxygen atoms in total. The molecule has 1 aromatic carbocycles. The molecule has 0 bridgehead atoms. The van der Waals surface area contributed by atoms with E-state index in [2.05, 4.69) is 5.32 Å². The van der Waals surface area contributed by atoms with Crippen molar-refractivity contribution >= 4 is 31.3 Å². The van der Waals surface area contributed by atoms with Crippen LogP contribution in [0.15, 0.2) is 23.1 Å². The molecule has 1 aromatic rings. The number of carbonyl (C=O) groups excluding carboxylic acids is 1. The standard InChI is InChI=1S/C13H18ClNO3S/c1-9-7-10(19(14,17)18)5-6-11(9)15-12(16)8-13(2,3)4/h5-7H,8H2,1-4H3,(H,15,16). The first-order chi connectivity index (χ1) is 8.49. The van der Waals surface area contributed by atoms with Gasteiger partial charge in [0, 0.05) is 22.8 Å². The van der Waals surface area contributed by atoms with Crippen molar-refractivity contribution in [2.45, 2.75) is 39.0 Å². The molecule has 0 fully saturated rings.